The Labute approximate surface area is 119 Å². The number of nitrogens with zero attached hydrogens (tertiary/aromatic N) is 2. The number of hydrogen-bond donors (Lipinski definition) is 2. The lowest BCUT2D eigenvalue weighted by Gasteiger charge is -2.33. The zero-order valence-corrected chi connectivity index (χ0v) is 11.2. The van der Waals surface area contributed by atoms with Crippen molar-refractivity contribution in [3.63, 3.8) is 0 Å². The Morgan fingerprint density at radius 2 is 2.14 bits per heavy atom. The first-order valence-electron chi connectivity index (χ1n) is 6.28. The number of carbonyl (C=O) groups excluding carboxylic acids is 3. The van der Waals surface area contributed by atoms with Crippen molar-refractivity contribution in [2.45, 2.75) is 19.4 Å². The van der Waals surface area contributed by atoms with E-state index in [4.69, 9.17) is 5.11 Å². The fourth-order valence-corrected chi connectivity index (χ4v) is 2.08. The summed E-state index contributed by atoms with van der Waals surface area (Å²) in [6, 6.07) is 1.77. The molecule has 21 heavy (non-hydrogen) atoms. The summed E-state index contributed by atoms with van der Waals surface area (Å²) >= 11 is 0. The number of nitrogens with one attached hydrogen (secondary N) is 1. The number of hydrogen-bond acceptors (Lipinski definition) is 5. The Bertz CT molecular complexity index is 611. The van der Waals surface area contributed by atoms with Crippen molar-refractivity contribution < 1.29 is 24.3 Å². The number of carboxylic acids is 1. The molecule has 0 saturated carbocycles. The molecule has 1 aliphatic heterocycles. The molecule has 0 aromatic carbocycles. The monoisotopic (exact) mass is 291 g/mol. The van der Waals surface area contributed by atoms with E-state index in [1.807, 2.05) is 0 Å². The number of amides is 3. The van der Waals surface area contributed by atoms with Gasteiger partial charge in [-0.15, -0.1) is 0 Å². The van der Waals surface area contributed by atoms with Crippen LogP contribution in [-0.2, 0) is 9.59 Å². The molecule has 2 N–H and O–H groups in total. The third kappa shape index (κ3) is 2.88. The van der Waals surface area contributed by atoms with Crippen LogP contribution in [0.1, 0.15) is 34.2 Å². The fourth-order valence-electron chi connectivity index (χ4n) is 2.08. The minimum atomic E-state index is -1.15. The van der Waals surface area contributed by atoms with E-state index in [1.165, 1.54) is 12.1 Å². The summed E-state index contributed by atoms with van der Waals surface area (Å²) in [6.45, 7) is 1.49. The molecule has 8 nitrogen and oxygen atoms in total. The summed E-state index contributed by atoms with van der Waals surface area (Å²) < 4.78 is 0. The van der Waals surface area contributed by atoms with E-state index in [9.17, 15) is 19.2 Å². The molecule has 0 spiro atoms. The number of aromatic nitrogens is 1. The maximum Gasteiger partial charge on any atom is 0.337 e. The Balaban J connectivity index is 2.26. The van der Waals surface area contributed by atoms with Crippen LogP contribution in [0, 0.1) is 0 Å². The second-order valence-corrected chi connectivity index (χ2v) is 4.51. The van der Waals surface area contributed by atoms with Gasteiger partial charge in [-0.25, -0.2) is 4.79 Å². The first kappa shape index (κ1) is 14.6. The van der Waals surface area contributed by atoms with Crippen LogP contribution in [0.4, 0.5) is 0 Å². The Morgan fingerprint density at radius 3 is 2.67 bits per heavy atom. The van der Waals surface area contributed by atoms with Gasteiger partial charge in [0.25, 0.3) is 5.91 Å². The van der Waals surface area contributed by atoms with Gasteiger partial charge in [0, 0.05) is 6.20 Å². The smallest absolute Gasteiger partial charge is 0.337 e. The van der Waals surface area contributed by atoms with Crippen molar-refractivity contribution in [3.8, 4) is 0 Å². The number of rotatable bonds is 3. The quantitative estimate of drug-likeness (QED) is 0.736. The highest BCUT2D eigenvalue weighted by Crippen LogP contribution is 2.13. The fraction of sp³-hybridized carbons (Fsp3) is 0.308. The molecule has 2 heterocycles. The van der Waals surface area contributed by atoms with Gasteiger partial charge in [0.05, 0.1) is 5.56 Å². The van der Waals surface area contributed by atoms with Gasteiger partial charge < -0.3 is 10.0 Å². The number of carboxylic acid groups (broad SMARTS) is 1. The van der Waals surface area contributed by atoms with Crippen molar-refractivity contribution in [1.29, 1.82) is 0 Å². The molecule has 1 saturated heterocycles. The largest absolute Gasteiger partial charge is 0.478 e. The summed E-state index contributed by atoms with van der Waals surface area (Å²) in [5.74, 6) is -2.81. The van der Waals surface area contributed by atoms with Crippen molar-refractivity contribution in [1.82, 2.24) is 15.2 Å². The summed E-state index contributed by atoms with van der Waals surface area (Å²) in [5.41, 5.74) is -0.0630. The lowest BCUT2D eigenvalue weighted by atomic mass is 10.1. The molecule has 1 fully saturated rings. The van der Waals surface area contributed by atoms with Gasteiger partial charge in [0.15, 0.2) is 0 Å². The lowest BCUT2D eigenvalue weighted by molar-refractivity contribution is -0.138. The summed E-state index contributed by atoms with van der Waals surface area (Å²) in [7, 11) is 0. The SMILES string of the molecule is CCC1C(=O)NC(=O)CN1C(=O)c1ccc(C(=O)O)cn1. The Kier molecular flexibility index (Phi) is 3.97. The highest BCUT2D eigenvalue weighted by atomic mass is 16.4. The van der Waals surface area contributed by atoms with E-state index in [0.29, 0.717) is 6.42 Å². The van der Waals surface area contributed by atoms with E-state index in [0.717, 1.165) is 11.1 Å². The van der Waals surface area contributed by atoms with E-state index in [1.54, 1.807) is 6.92 Å². The van der Waals surface area contributed by atoms with Crippen LogP contribution >= 0.6 is 0 Å². The second kappa shape index (κ2) is 5.70. The zero-order chi connectivity index (χ0) is 15.6. The van der Waals surface area contributed by atoms with Crippen LogP contribution < -0.4 is 5.32 Å². The van der Waals surface area contributed by atoms with Crippen LogP contribution in [0.3, 0.4) is 0 Å². The van der Waals surface area contributed by atoms with Gasteiger partial charge in [-0.05, 0) is 18.6 Å². The lowest BCUT2D eigenvalue weighted by Crippen LogP contribution is -2.59. The van der Waals surface area contributed by atoms with E-state index >= 15 is 0 Å². The molecule has 1 unspecified atom stereocenters. The van der Waals surface area contributed by atoms with Gasteiger partial charge in [-0.1, -0.05) is 6.92 Å². The van der Waals surface area contributed by atoms with E-state index in [-0.39, 0.29) is 17.8 Å². The van der Waals surface area contributed by atoms with Crippen LogP contribution in [0.2, 0.25) is 0 Å². The number of aromatic carboxylic acids is 1. The topological polar surface area (TPSA) is 117 Å². The molecule has 0 aliphatic carbocycles. The first-order chi connectivity index (χ1) is 9.93. The van der Waals surface area contributed by atoms with Crippen LogP contribution in [-0.4, -0.2) is 51.3 Å². The predicted molar refractivity (Wildman–Crippen MR) is 69.5 cm³/mol. The Morgan fingerprint density at radius 1 is 1.43 bits per heavy atom. The summed E-state index contributed by atoms with van der Waals surface area (Å²) in [5, 5.41) is 11.0. The second-order valence-electron chi connectivity index (χ2n) is 4.51. The zero-order valence-electron chi connectivity index (χ0n) is 11.2. The van der Waals surface area contributed by atoms with Crippen LogP contribution in [0.5, 0.6) is 0 Å². The van der Waals surface area contributed by atoms with Crippen molar-refractivity contribution in [2.24, 2.45) is 0 Å². The summed E-state index contributed by atoms with van der Waals surface area (Å²) in [4.78, 5) is 51.1. The Hall–Kier alpha value is -2.77. The molecule has 0 bridgehead atoms. The molecule has 8 heteroatoms. The summed E-state index contributed by atoms with van der Waals surface area (Å²) in [6.07, 6.45) is 1.42. The maximum atomic E-state index is 12.3. The molecule has 1 aromatic heterocycles. The number of pyridine rings is 1. The number of carbonyl (C=O) groups is 4. The molecule has 1 aliphatic rings. The van der Waals surface area contributed by atoms with Crippen molar-refractivity contribution in [2.75, 3.05) is 6.54 Å². The molecule has 1 aromatic rings. The minimum Gasteiger partial charge on any atom is -0.478 e. The molecular weight excluding hydrogens is 278 g/mol. The van der Waals surface area contributed by atoms with Crippen LogP contribution in [0.15, 0.2) is 18.3 Å². The molecule has 1 atom stereocenters. The highest BCUT2D eigenvalue weighted by Gasteiger charge is 2.36. The van der Waals surface area contributed by atoms with Gasteiger partial charge in [0.1, 0.15) is 18.3 Å². The highest BCUT2D eigenvalue weighted by molar-refractivity contribution is 6.06. The predicted octanol–water partition coefficient (Wildman–Crippen LogP) is -0.343. The van der Waals surface area contributed by atoms with Crippen LogP contribution in [0.25, 0.3) is 0 Å². The van der Waals surface area contributed by atoms with E-state index in [2.05, 4.69) is 10.3 Å². The van der Waals surface area contributed by atoms with Gasteiger partial charge in [-0.3, -0.25) is 24.7 Å². The normalized spacial score (nSPS) is 18.3. The molecule has 3 amide bonds. The minimum absolute atomic E-state index is 0.0130. The molecular formula is C13H13N3O5. The van der Waals surface area contributed by atoms with Crippen molar-refractivity contribution in [3.05, 3.63) is 29.6 Å². The number of piperazine rings is 1. The average Bonchev–Trinajstić information content (AvgIpc) is 2.46. The average molecular weight is 291 g/mol. The first-order valence-corrected chi connectivity index (χ1v) is 6.28. The van der Waals surface area contributed by atoms with Crippen molar-refractivity contribution >= 4 is 23.7 Å². The number of imide groups is 1. The third-order valence-electron chi connectivity index (χ3n) is 3.13. The molecule has 110 valence electrons. The van der Waals surface area contributed by atoms with Gasteiger partial charge in [0.2, 0.25) is 11.8 Å². The molecule has 2 rings (SSSR count). The maximum absolute atomic E-state index is 12.3. The molecule has 0 radical (unpaired) electrons. The van der Waals surface area contributed by atoms with Gasteiger partial charge in [-0.2, -0.15) is 0 Å². The standard InChI is InChI=1S/C13H13N3O5/c1-2-9-11(18)15-10(17)6-16(9)12(19)8-4-3-7(5-14-8)13(20)21/h3-5,9H,2,6H2,1H3,(H,20,21)(H,15,17,18). The third-order valence-corrected chi connectivity index (χ3v) is 3.13. The van der Waals surface area contributed by atoms with Gasteiger partial charge >= 0.3 is 5.97 Å². The van der Waals surface area contributed by atoms with E-state index < -0.39 is 29.7 Å².